The smallest absolute Gasteiger partial charge is 0.276 e. The van der Waals surface area contributed by atoms with Crippen molar-refractivity contribution in [1.29, 1.82) is 0 Å². The molecule has 5 aromatic rings. The number of rotatable bonds is 5. The molecule has 160 valence electrons. The number of nitrogens with one attached hydrogen (secondary N) is 1. The molecule has 32 heavy (non-hydrogen) atoms. The second-order valence-corrected chi connectivity index (χ2v) is 7.78. The monoisotopic (exact) mass is 446 g/mol. The van der Waals surface area contributed by atoms with Crippen molar-refractivity contribution >= 4 is 28.8 Å². The van der Waals surface area contributed by atoms with Crippen LogP contribution in [0.5, 0.6) is 0 Å². The predicted octanol–water partition coefficient (Wildman–Crippen LogP) is 3.59. The van der Waals surface area contributed by atoms with Crippen LogP contribution in [0.4, 0.5) is 5.69 Å². The Bertz CT molecular complexity index is 1450. The number of halogens is 1. The fourth-order valence-corrected chi connectivity index (χ4v) is 3.67. The van der Waals surface area contributed by atoms with Gasteiger partial charge in [0.1, 0.15) is 0 Å². The third-order valence-electron chi connectivity index (χ3n) is 5.28. The molecule has 0 unspecified atom stereocenters. The molecule has 1 N–H and O–H groups in total. The van der Waals surface area contributed by atoms with Crippen LogP contribution in [-0.2, 0) is 13.6 Å². The molecule has 0 radical (unpaired) electrons. The number of hydrogen-bond donors (Lipinski definition) is 1. The average molecular weight is 447 g/mol. The van der Waals surface area contributed by atoms with Crippen LogP contribution in [0.2, 0.25) is 5.02 Å². The Morgan fingerprint density at radius 1 is 1.16 bits per heavy atom. The minimum atomic E-state index is -0.346. The number of amides is 1. The number of aryl methyl sites for hydroxylation is 1. The van der Waals surface area contributed by atoms with Crippen LogP contribution < -0.4 is 5.32 Å². The van der Waals surface area contributed by atoms with Crippen molar-refractivity contribution in [3.05, 3.63) is 83.2 Å². The minimum absolute atomic E-state index is 0.255. The summed E-state index contributed by atoms with van der Waals surface area (Å²) in [6.07, 6.45) is 6.81. The van der Waals surface area contributed by atoms with Gasteiger partial charge in [0.15, 0.2) is 11.3 Å². The number of anilines is 1. The summed E-state index contributed by atoms with van der Waals surface area (Å²) < 4.78 is 5.16. The number of aromatic nitrogens is 7. The lowest BCUT2D eigenvalue weighted by Crippen LogP contribution is -2.12. The first kappa shape index (κ1) is 20.0. The number of nitrogens with zero attached hydrogens (tertiary/aromatic N) is 7. The highest BCUT2D eigenvalue weighted by Gasteiger charge is 2.17. The molecule has 4 heterocycles. The molecule has 0 saturated carbocycles. The van der Waals surface area contributed by atoms with Crippen molar-refractivity contribution < 1.29 is 4.79 Å². The van der Waals surface area contributed by atoms with Crippen LogP contribution >= 0.6 is 11.6 Å². The lowest BCUT2D eigenvalue weighted by atomic mass is 10.2. The molecule has 4 aromatic heterocycles. The first-order chi connectivity index (χ1) is 15.5. The van der Waals surface area contributed by atoms with Gasteiger partial charge in [0, 0.05) is 41.8 Å². The maximum Gasteiger partial charge on any atom is 0.276 e. The molecule has 1 aromatic carbocycles. The van der Waals surface area contributed by atoms with E-state index in [1.54, 1.807) is 44.7 Å². The van der Waals surface area contributed by atoms with Crippen molar-refractivity contribution in [2.75, 3.05) is 5.32 Å². The maximum absolute atomic E-state index is 12.8. The molecule has 0 bridgehead atoms. The summed E-state index contributed by atoms with van der Waals surface area (Å²) in [5.74, 6) is -0.346. The van der Waals surface area contributed by atoms with E-state index in [1.807, 2.05) is 44.3 Å². The summed E-state index contributed by atoms with van der Waals surface area (Å²) in [6, 6.07) is 11.1. The summed E-state index contributed by atoms with van der Waals surface area (Å²) in [7, 11) is 1.88. The first-order valence-corrected chi connectivity index (χ1v) is 10.3. The highest BCUT2D eigenvalue weighted by atomic mass is 35.5. The van der Waals surface area contributed by atoms with Gasteiger partial charge in [0.2, 0.25) is 0 Å². The van der Waals surface area contributed by atoms with Crippen molar-refractivity contribution in [2.24, 2.45) is 7.05 Å². The molecule has 0 atom stereocenters. The summed E-state index contributed by atoms with van der Waals surface area (Å²) in [5.41, 5.74) is 5.07. The zero-order valence-electron chi connectivity index (χ0n) is 17.4. The van der Waals surface area contributed by atoms with Gasteiger partial charge < -0.3 is 5.32 Å². The van der Waals surface area contributed by atoms with E-state index < -0.39 is 0 Å². The Kier molecular flexibility index (Phi) is 4.95. The van der Waals surface area contributed by atoms with Crippen molar-refractivity contribution in [1.82, 2.24) is 34.2 Å². The third-order valence-corrected chi connectivity index (χ3v) is 5.65. The molecule has 0 spiro atoms. The van der Waals surface area contributed by atoms with Crippen LogP contribution in [0.15, 0.2) is 61.2 Å². The third kappa shape index (κ3) is 3.63. The molecular formula is C22H19ClN8O. The van der Waals surface area contributed by atoms with Crippen molar-refractivity contribution in [3.63, 3.8) is 0 Å². The average Bonchev–Trinajstić information content (AvgIpc) is 3.49. The lowest BCUT2D eigenvalue weighted by molar-refractivity contribution is 0.102. The normalized spacial score (nSPS) is 11.2. The first-order valence-electron chi connectivity index (χ1n) is 9.90. The Balaban J connectivity index is 1.38. The molecule has 0 fully saturated rings. The van der Waals surface area contributed by atoms with Gasteiger partial charge in [-0.2, -0.15) is 15.3 Å². The fourth-order valence-electron chi connectivity index (χ4n) is 3.47. The van der Waals surface area contributed by atoms with Crippen LogP contribution in [0.1, 0.15) is 21.7 Å². The van der Waals surface area contributed by atoms with E-state index in [-0.39, 0.29) is 11.6 Å². The molecule has 1 amide bonds. The summed E-state index contributed by atoms with van der Waals surface area (Å²) >= 11 is 6.22. The Hall–Kier alpha value is -3.98. The van der Waals surface area contributed by atoms with Gasteiger partial charge in [0.25, 0.3) is 5.91 Å². The molecule has 10 heteroatoms. The van der Waals surface area contributed by atoms with Gasteiger partial charge in [-0.1, -0.05) is 29.8 Å². The molecule has 0 aliphatic rings. The van der Waals surface area contributed by atoms with Crippen LogP contribution in [0, 0.1) is 6.92 Å². The van der Waals surface area contributed by atoms with Gasteiger partial charge in [0.05, 0.1) is 30.3 Å². The van der Waals surface area contributed by atoms with Gasteiger partial charge in [-0.25, -0.2) is 9.50 Å². The van der Waals surface area contributed by atoms with E-state index in [1.165, 1.54) is 0 Å². The van der Waals surface area contributed by atoms with E-state index in [2.05, 4.69) is 25.6 Å². The highest BCUT2D eigenvalue weighted by molar-refractivity contribution is 6.31. The molecule has 0 aliphatic heterocycles. The summed E-state index contributed by atoms with van der Waals surface area (Å²) in [4.78, 5) is 17.2. The standard InChI is InChI=1S/C22H19ClN8O/c1-14-17(11-25-29(14)2)20-7-8-24-21-9-19(28-31(20)21)22(32)27-16-10-26-30(13-16)12-15-5-3-4-6-18(15)23/h3-11,13H,12H2,1-2H3,(H,27,32). The zero-order chi connectivity index (χ0) is 22.2. The Morgan fingerprint density at radius 3 is 2.78 bits per heavy atom. The zero-order valence-corrected chi connectivity index (χ0v) is 18.2. The summed E-state index contributed by atoms with van der Waals surface area (Å²) in [6.45, 7) is 2.48. The van der Waals surface area contributed by atoms with Crippen LogP contribution in [0.25, 0.3) is 16.9 Å². The number of carbonyl (C=O) groups is 1. The SMILES string of the molecule is Cc1c(-c2ccnc3cc(C(=O)Nc4cnn(Cc5ccccc5Cl)c4)nn23)cnn1C. The van der Waals surface area contributed by atoms with Crippen LogP contribution in [0.3, 0.4) is 0 Å². The maximum atomic E-state index is 12.8. The van der Waals surface area contributed by atoms with Gasteiger partial charge in [-0.3, -0.25) is 14.2 Å². The molecular weight excluding hydrogens is 428 g/mol. The van der Waals surface area contributed by atoms with E-state index in [9.17, 15) is 4.79 Å². The highest BCUT2D eigenvalue weighted by Crippen LogP contribution is 2.23. The molecule has 9 nitrogen and oxygen atoms in total. The second kappa shape index (κ2) is 7.93. The number of carbonyl (C=O) groups excluding carboxylic acids is 1. The quantitative estimate of drug-likeness (QED) is 0.445. The van der Waals surface area contributed by atoms with Gasteiger partial charge in [-0.15, -0.1) is 0 Å². The van der Waals surface area contributed by atoms with Crippen molar-refractivity contribution in [3.8, 4) is 11.3 Å². The van der Waals surface area contributed by atoms with E-state index in [0.717, 1.165) is 22.5 Å². The van der Waals surface area contributed by atoms with Crippen molar-refractivity contribution in [2.45, 2.75) is 13.5 Å². The molecule has 5 rings (SSSR count). The van der Waals surface area contributed by atoms with E-state index >= 15 is 0 Å². The molecule has 0 aliphatic carbocycles. The fraction of sp³-hybridized carbons (Fsp3) is 0.136. The topological polar surface area (TPSA) is 94.9 Å². The Morgan fingerprint density at radius 2 is 2.00 bits per heavy atom. The van der Waals surface area contributed by atoms with E-state index in [4.69, 9.17) is 11.6 Å². The second-order valence-electron chi connectivity index (χ2n) is 7.37. The largest absolute Gasteiger partial charge is 0.318 e. The summed E-state index contributed by atoms with van der Waals surface area (Å²) in [5, 5.41) is 16.6. The minimum Gasteiger partial charge on any atom is -0.318 e. The van der Waals surface area contributed by atoms with Crippen LogP contribution in [-0.4, -0.2) is 40.1 Å². The number of hydrogen-bond acceptors (Lipinski definition) is 5. The van der Waals surface area contributed by atoms with E-state index in [0.29, 0.717) is 22.9 Å². The Labute approximate surface area is 188 Å². The van der Waals surface area contributed by atoms with Gasteiger partial charge >= 0.3 is 0 Å². The number of fused-ring (bicyclic) bond motifs is 1. The predicted molar refractivity (Wildman–Crippen MR) is 121 cm³/mol. The number of benzene rings is 1. The molecule has 0 saturated heterocycles. The lowest BCUT2D eigenvalue weighted by Gasteiger charge is -2.04. The van der Waals surface area contributed by atoms with Gasteiger partial charge in [-0.05, 0) is 24.6 Å².